The van der Waals surface area contributed by atoms with E-state index in [4.69, 9.17) is 4.74 Å². The number of amides is 1. The van der Waals surface area contributed by atoms with Gasteiger partial charge in [0.25, 0.3) is 5.56 Å². The van der Waals surface area contributed by atoms with Gasteiger partial charge in [-0.15, -0.1) is 0 Å². The number of nitrogens with zero attached hydrogens (tertiary/aromatic N) is 2. The highest BCUT2D eigenvalue weighted by atomic mass is 16.5. The lowest BCUT2D eigenvalue weighted by Crippen LogP contribution is -2.40. The molecule has 0 radical (unpaired) electrons. The molecule has 1 fully saturated rings. The lowest BCUT2D eigenvalue weighted by Gasteiger charge is -2.31. The molecule has 0 unspecified atom stereocenters. The van der Waals surface area contributed by atoms with E-state index in [2.05, 4.69) is 4.98 Å². The number of carbonyl (C=O) groups excluding carboxylic acids is 2. The maximum absolute atomic E-state index is 12.8. The van der Waals surface area contributed by atoms with E-state index in [-0.39, 0.29) is 23.2 Å². The maximum atomic E-state index is 12.8. The van der Waals surface area contributed by atoms with Gasteiger partial charge in [-0.25, -0.2) is 0 Å². The molecule has 1 aliphatic rings. The highest BCUT2D eigenvalue weighted by molar-refractivity contribution is 5.98. The summed E-state index contributed by atoms with van der Waals surface area (Å²) >= 11 is 0. The second kappa shape index (κ2) is 9.42. The standard InChI is InChI=1S/C25H29N3O4/c1-17-6-11-22-25(31)26-20(16-28(17)22)4-3-5-23(29)27-14-12-19(13-15-27)24(30)18-7-9-21(32-2)10-8-18/h6-11,16,19H,3-5,12-15H2,1-2H3,(H,26,31). The first-order valence-electron chi connectivity index (χ1n) is 11.1. The Morgan fingerprint density at radius 1 is 1.09 bits per heavy atom. The van der Waals surface area contributed by atoms with Gasteiger partial charge >= 0.3 is 0 Å². The van der Waals surface area contributed by atoms with Crippen molar-refractivity contribution in [1.82, 2.24) is 14.3 Å². The number of ketones is 1. The van der Waals surface area contributed by atoms with E-state index in [0.29, 0.717) is 56.3 Å². The van der Waals surface area contributed by atoms with Crippen molar-refractivity contribution in [3.63, 3.8) is 0 Å². The number of fused-ring (bicyclic) bond motifs is 1. The molecule has 0 atom stereocenters. The summed E-state index contributed by atoms with van der Waals surface area (Å²) in [6.45, 7) is 3.18. The molecular formula is C25H29N3O4. The zero-order valence-electron chi connectivity index (χ0n) is 18.6. The first-order chi connectivity index (χ1) is 15.5. The number of Topliss-reactive ketones (excluding diaryl/α,β-unsaturated/α-hetero) is 1. The molecule has 3 aromatic rings. The second-order valence-electron chi connectivity index (χ2n) is 8.44. The molecule has 168 valence electrons. The van der Waals surface area contributed by atoms with Gasteiger partial charge < -0.3 is 19.0 Å². The molecule has 32 heavy (non-hydrogen) atoms. The minimum absolute atomic E-state index is 0.0472. The van der Waals surface area contributed by atoms with E-state index < -0.39 is 0 Å². The first kappa shape index (κ1) is 21.9. The lowest BCUT2D eigenvalue weighted by atomic mass is 9.88. The number of methoxy groups -OCH3 is 1. The summed E-state index contributed by atoms with van der Waals surface area (Å²) < 4.78 is 7.04. The minimum Gasteiger partial charge on any atom is -0.497 e. The minimum atomic E-state index is -0.106. The van der Waals surface area contributed by atoms with E-state index in [0.717, 1.165) is 17.1 Å². The lowest BCUT2D eigenvalue weighted by molar-refractivity contribution is -0.132. The largest absolute Gasteiger partial charge is 0.497 e. The van der Waals surface area contributed by atoms with Crippen molar-refractivity contribution in [3.05, 3.63) is 69.9 Å². The van der Waals surface area contributed by atoms with Gasteiger partial charge in [-0.1, -0.05) is 0 Å². The van der Waals surface area contributed by atoms with Crippen LogP contribution in [-0.4, -0.2) is 46.2 Å². The van der Waals surface area contributed by atoms with Crippen LogP contribution in [0.2, 0.25) is 0 Å². The number of ether oxygens (including phenoxy) is 1. The monoisotopic (exact) mass is 435 g/mol. The number of likely N-dealkylation sites (tertiary alicyclic amines) is 1. The van der Waals surface area contributed by atoms with E-state index in [1.54, 1.807) is 31.4 Å². The zero-order valence-corrected chi connectivity index (χ0v) is 18.6. The van der Waals surface area contributed by atoms with Crippen LogP contribution >= 0.6 is 0 Å². The summed E-state index contributed by atoms with van der Waals surface area (Å²) in [5.41, 5.74) is 3.06. The molecule has 3 heterocycles. The van der Waals surface area contributed by atoms with Gasteiger partial charge in [0.1, 0.15) is 11.3 Å². The molecule has 0 spiro atoms. The van der Waals surface area contributed by atoms with Crippen molar-refractivity contribution in [2.45, 2.75) is 39.0 Å². The molecule has 4 rings (SSSR count). The van der Waals surface area contributed by atoms with Gasteiger partial charge in [-0.05, 0) is 69.0 Å². The average molecular weight is 436 g/mol. The van der Waals surface area contributed by atoms with Gasteiger partial charge in [0.15, 0.2) is 5.78 Å². The number of aromatic nitrogens is 2. The summed E-state index contributed by atoms with van der Waals surface area (Å²) in [5, 5.41) is 0. The van der Waals surface area contributed by atoms with Crippen molar-refractivity contribution >= 4 is 17.2 Å². The topological polar surface area (TPSA) is 83.9 Å². The number of hydrogen-bond acceptors (Lipinski definition) is 4. The number of aromatic amines is 1. The predicted molar refractivity (Wildman–Crippen MR) is 122 cm³/mol. The highest BCUT2D eigenvalue weighted by Crippen LogP contribution is 2.23. The Balaban J connectivity index is 1.26. The third-order valence-corrected chi connectivity index (χ3v) is 6.34. The summed E-state index contributed by atoms with van der Waals surface area (Å²) in [6.07, 6.45) is 5.06. The quantitative estimate of drug-likeness (QED) is 0.577. The van der Waals surface area contributed by atoms with Crippen LogP contribution in [0, 0.1) is 12.8 Å². The molecule has 1 amide bonds. The van der Waals surface area contributed by atoms with Crippen LogP contribution < -0.4 is 10.3 Å². The summed E-state index contributed by atoms with van der Waals surface area (Å²) in [5.74, 6) is 0.934. The number of hydrogen-bond donors (Lipinski definition) is 1. The van der Waals surface area contributed by atoms with Gasteiger partial charge in [0.05, 0.1) is 7.11 Å². The Morgan fingerprint density at radius 3 is 2.50 bits per heavy atom. The summed E-state index contributed by atoms with van der Waals surface area (Å²) in [4.78, 5) is 42.4. The molecule has 1 aliphatic heterocycles. The Bertz CT molecular complexity index is 1170. The van der Waals surface area contributed by atoms with Crippen LogP contribution in [0.5, 0.6) is 5.75 Å². The molecule has 0 aliphatic carbocycles. The first-order valence-corrected chi connectivity index (χ1v) is 11.1. The van der Waals surface area contributed by atoms with E-state index in [1.165, 1.54) is 0 Å². The Hall–Kier alpha value is -3.35. The van der Waals surface area contributed by atoms with Crippen molar-refractivity contribution < 1.29 is 14.3 Å². The van der Waals surface area contributed by atoms with Gasteiger partial charge in [0.2, 0.25) is 5.91 Å². The number of benzene rings is 1. The van der Waals surface area contributed by atoms with Crippen molar-refractivity contribution in [3.8, 4) is 5.75 Å². The zero-order chi connectivity index (χ0) is 22.7. The molecule has 7 nitrogen and oxygen atoms in total. The molecule has 1 aromatic carbocycles. The molecule has 7 heteroatoms. The molecule has 1 saturated heterocycles. The van der Waals surface area contributed by atoms with Crippen LogP contribution in [0.25, 0.3) is 5.52 Å². The number of rotatable bonds is 7. The van der Waals surface area contributed by atoms with Crippen molar-refractivity contribution in [2.75, 3.05) is 20.2 Å². The van der Waals surface area contributed by atoms with Gasteiger partial charge in [-0.2, -0.15) is 0 Å². The second-order valence-corrected chi connectivity index (χ2v) is 8.44. The molecule has 0 bridgehead atoms. The van der Waals surface area contributed by atoms with Crippen molar-refractivity contribution in [1.29, 1.82) is 0 Å². The third kappa shape index (κ3) is 4.61. The fourth-order valence-electron chi connectivity index (χ4n) is 4.40. The Morgan fingerprint density at radius 2 is 1.81 bits per heavy atom. The van der Waals surface area contributed by atoms with Gasteiger partial charge in [-0.3, -0.25) is 14.4 Å². The molecule has 0 saturated carbocycles. The van der Waals surface area contributed by atoms with Crippen LogP contribution in [0.1, 0.15) is 47.4 Å². The van der Waals surface area contributed by atoms with Gasteiger partial charge in [0, 0.05) is 48.6 Å². The number of carbonyl (C=O) groups is 2. The number of piperidine rings is 1. The molecule has 1 N–H and O–H groups in total. The third-order valence-electron chi connectivity index (χ3n) is 6.34. The highest BCUT2D eigenvalue weighted by Gasteiger charge is 2.27. The van der Waals surface area contributed by atoms with Crippen molar-refractivity contribution in [2.24, 2.45) is 5.92 Å². The number of aryl methyl sites for hydroxylation is 2. The number of nitrogens with one attached hydrogen (secondary N) is 1. The fourth-order valence-corrected chi connectivity index (χ4v) is 4.40. The van der Waals surface area contributed by atoms with E-state index in [9.17, 15) is 14.4 Å². The van der Waals surface area contributed by atoms with Crippen LogP contribution in [0.3, 0.4) is 0 Å². The summed E-state index contributed by atoms with van der Waals surface area (Å²) in [6, 6.07) is 10.9. The fraction of sp³-hybridized carbons (Fsp3) is 0.400. The van der Waals surface area contributed by atoms with Crippen LogP contribution in [0.4, 0.5) is 0 Å². The normalized spacial score (nSPS) is 14.6. The summed E-state index contributed by atoms with van der Waals surface area (Å²) in [7, 11) is 1.60. The molecular weight excluding hydrogens is 406 g/mol. The Labute approximate surface area is 187 Å². The smallest absolute Gasteiger partial charge is 0.272 e. The average Bonchev–Trinajstić information content (AvgIpc) is 3.20. The van der Waals surface area contributed by atoms with E-state index >= 15 is 0 Å². The number of H-pyrrole nitrogens is 1. The SMILES string of the molecule is COc1ccc(C(=O)C2CCN(C(=O)CCCc3cn4c(C)ccc4c(=O)[nH]3)CC2)cc1. The molecule has 2 aromatic heterocycles. The Kier molecular flexibility index (Phi) is 6.44. The maximum Gasteiger partial charge on any atom is 0.272 e. The predicted octanol–water partition coefficient (Wildman–Crippen LogP) is 3.39. The van der Waals surface area contributed by atoms with E-state index in [1.807, 2.05) is 34.6 Å². The van der Waals surface area contributed by atoms with Crippen LogP contribution in [0.15, 0.2) is 47.4 Å². The van der Waals surface area contributed by atoms with Crippen LogP contribution in [-0.2, 0) is 11.2 Å².